The fourth-order valence-corrected chi connectivity index (χ4v) is 2.61. The van der Waals surface area contributed by atoms with Crippen LogP contribution in [0.25, 0.3) is 0 Å². The molecule has 0 bridgehead atoms. The maximum atomic E-state index is 12.2. The fraction of sp³-hybridized carbons (Fsp3) is 0.533. The highest BCUT2D eigenvalue weighted by atomic mass is 16.7. The molecule has 2 atom stereocenters. The second kappa shape index (κ2) is 5.91. The summed E-state index contributed by atoms with van der Waals surface area (Å²) >= 11 is 0. The van der Waals surface area contributed by atoms with Crippen molar-refractivity contribution >= 4 is 5.91 Å². The van der Waals surface area contributed by atoms with Crippen LogP contribution < -0.4 is 9.47 Å². The van der Waals surface area contributed by atoms with E-state index in [9.17, 15) is 9.90 Å². The van der Waals surface area contributed by atoms with Gasteiger partial charge >= 0.3 is 0 Å². The van der Waals surface area contributed by atoms with Gasteiger partial charge in [-0.1, -0.05) is 6.07 Å². The van der Waals surface area contributed by atoms with Gasteiger partial charge in [0.1, 0.15) is 0 Å². The van der Waals surface area contributed by atoms with Crippen molar-refractivity contribution in [1.29, 1.82) is 0 Å². The third-order valence-electron chi connectivity index (χ3n) is 3.98. The predicted octanol–water partition coefficient (Wildman–Crippen LogP) is 0.566. The zero-order chi connectivity index (χ0) is 14.8. The minimum Gasteiger partial charge on any atom is -0.454 e. The number of benzene rings is 1. The van der Waals surface area contributed by atoms with Gasteiger partial charge in [-0.3, -0.25) is 4.79 Å². The Morgan fingerprint density at radius 2 is 2.14 bits per heavy atom. The van der Waals surface area contributed by atoms with Crippen molar-refractivity contribution in [3.63, 3.8) is 0 Å². The zero-order valence-corrected chi connectivity index (χ0v) is 11.9. The number of carbonyl (C=O) groups is 1. The molecule has 1 fully saturated rings. The van der Waals surface area contributed by atoms with Crippen LogP contribution in [0.2, 0.25) is 0 Å². The molecule has 0 saturated carbocycles. The molecule has 0 radical (unpaired) electrons. The molecule has 1 amide bonds. The van der Waals surface area contributed by atoms with Gasteiger partial charge in [0.15, 0.2) is 11.5 Å². The van der Waals surface area contributed by atoms with Gasteiger partial charge in [-0.05, 0) is 24.1 Å². The van der Waals surface area contributed by atoms with E-state index in [0.717, 1.165) is 17.1 Å². The Morgan fingerprint density at radius 3 is 2.90 bits per heavy atom. The smallest absolute Gasteiger partial charge is 0.231 e. The number of fused-ring (bicyclic) bond motifs is 1. The first-order chi connectivity index (χ1) is 10.1. The summed E-state index contributed by atoms with van der Waals surface area (Å²) in [5.41, 5.74) is 1.03. The predicted molar refractivity (Wildman–Crippen MR) is 74.3 cm³/mol. The molecule has 2 heterocycles. The highest BCUT2D eigenvalue weighted by molar-refractivity contribution is 5.76. The highest BCUT2D eigenvalue weighted by Gasteiger charge is 2.31. The van der Waals surface area contributed by atoms with E-state index in [1.165, 1.54) is 0 Å². The van der Waals surface area contributed by atoms with Crippen molar-refractivity contribution in [3.8, 4) is 11.5 Å². The molecule has 0 aliphatic carbocycles. The number of hydrogen-bond acceptors (Lipinski definition) is 5. The van der Waals surface area contributed by atoms with Crippen molar-refractivity contribution in [2.24, 2.45) is 0 Å². The summed E-state index contributed by atoms with van der Waals surface area (Å²) < 4.78 is 15.8. The quantitative estimate of drug-likeness (QED) is 0.879. The summed E-state index contributed by atoms with van der Waals surface area (Å²) in [6.45, 7) is 0.942. The number of likely N-dealkylation sites (N-methyl/N-ethyl adjacent to an activating group) is 1. The Hall–Kier alpha value is -1.79. The number of rotatable bonds is 4. The van der Waals surface area contributed by atoms with Crippen LogP contribution >= 0.6 is 0 Å². The Bertz CT molecular complexity index is 533. The largest absolute Gasteiger partial charge is 0.454 e. The Morgan fingerprint density at radius 1 is 1.33 bits per heavy atom. The lowest BCUT2D eigenvalue weighted by molar-refractivity contribution is -0.133. The third-order valence-corrected chi connectivity index (χ3v) is 3.98. The third kappa shape index (κ3) is 2.96. The fourth-order valence-electron chi connectivity index (χ4n) is 2.61. The van der Waals surface area contributed by atoms with Gasteiger partial charge in [0.05, 0.1) is 25.4 Å². The number of carbonyl (C=O) groups excluding carboxylic acids is 1. The molecule has 2 aliphatic rings. The molecule has 114 valence electrons. The molecule has 6 heteroatoms. The normalized spacial score (nSPS) is 23.3. The maximum absolute atomic E-state index is 12.2. The van der Waals surface area contributed by atoms with Crippen molar-refractivity contribution in [2.45, 2.75) is 25.0 Å². The monoisotopic (exact) mass is 293 g/mol. The number of aryl methyl sites for hydroxylation is 1. The highest BCUT2D eigenvalue weighted by Crippen LogP contribution is 2.32. The summed E-state index contributed by atoms with van der Waals surface area (Å²) in [5, 5.41) is 9.75. The van der Waals surface area contributed by atoms with Crippen molar-refractivity contribution < 1.29 is 24.1 Å². The van der Waals surface area contributed by atoms with E-state index in [4.69, 9.17) is 14.2 Å². The summed E-state index contributed by atoms with van der Waals surface area (Å²) in [6.07, 6.45) is 0.424. The summed E-state index contributed by atoms with van der Waals surface area (Å²) in [6, 6.07) is 5.46. The molecular weight excluding hydrogens is 274 g/mol. The van der Waals surface area contributed by atoms with E-state index >= 15 is 0 Å². The second-order valence-electron chi connectivity index (χ2n) is 5.36. The first-order valence-corrected chi connectivity index (χ1v) is 7.05. The number of aliphatic hydroxyl groups is 1. The Kier molecular flexibility index (Phi) is 3.98. The van der Waals surface area contributed by atoms with Crippen LogP contribution in [0.15, 0.2) is 18.2 Å². The maximum Gasteiger partial charge on any atom is 0.231 e. The molecule has 1 N–H and O–H groups in total. The van der Waals surface area contributed by atoms with Crippen LogP contribution in [0.1, 0.15) is 12.0 Å². The lowest BCUT2D eigenvalue weighted by Crippen LogP contribution is -2.44. The van der Waals surface area contributed by atoms with E-state index < -0.39 is 6.10 Å². The topological polar surface area (TPSA) is 68.2 Å². The van der Waals surface area contributed by atoms with E-state index in [1.54, 1.807) is 11.9 Å². The van der Waals surface area contributed by atoms with Crippen LogP contribution in [-0.2, 0) is 16.0 Å². The number of nitrogens with zero attached hydrogens (tertiary/aromatic N) is 1. The molecule has 1 aromatic carbocycles. The lowest BCUT2D eigenvalue weighted by atomic mass is 10.1. The molecule has 0 aromatic heterocycles. The SMILES string of the molecule is CN(C(=O)CCc1ccc2c(c1)OCO2)[C@H]1COC[C@@H]1O. The van der Waals surface area contributed by atoms with E-state index in [0.29, 0.717) is 26.1 Å². The van der Waals surface area contributed by atoms with Crippen LogP contribution in [0, 0.1) is 0 Å². The lowest BCUT2D eigenvalue weighted by Gasteiger charge is -2.25. The van der Waals surface area contributed by atoms with Gasteiger partial charge in [0.2, 0.25) is 12.7 Å². The molecule has 6 nitrogen and oxygen atoms in total. The molecule has 2 aliphatic heterocycles. The number of aliphatic hydroxyl groups excluding tert-OH is 1. The average Bonchev–Trinajstić information content (AvgIpc) is 3.11. The van der Waals surface area contributed by atoms with Gasteiger partial charge in [-0.25, -0.2) is 0 Å². The van der Waals surface area contributed by atoms with Crippen LogP contribution in [0.4, 0.5) is 0 Å². The van der Waals surface area contributed by atoms with E-state index in [1.807, 2.05) is 18.2 Å². The Labute approximate surface area is 123 Å². The molecule has 0 unspecified atom stereocenters. The van der Waals surface area contributed by atoms with Crippen molar-refractivity contribution in [2.75, 3.05) is 27.1 Å². The van der Waals surface area contributed by atoms with Crippen LogP contribution in [0.3, 0.4) is 0 Å². The summed E-state index contributed by atoms with van der Waals surface area (Å²) in [7, 11) is 1.71. The molecular formula is C15H19NO5. The number of amides is 1. The second-order valence-corrected chi connectivity index (χ2v) is 5.36. The standard InChI is InChI=1S/C15H19NO5/c1-16(11-7-19-8-12(11)17)15(18)5-3-10-2-4-13-14(6-10)21-9-20-13/h2,4,6,11-12,17H,3,5,7-9H2,1H3/t11-,12-/m0/s1. The zero-order valence-electron chi connectivity index (χ0n) is 11.9. The van der Waals surface area contributed by atoms with Crippen molar-refractivity contribution in [1.82, 2.24) is 4.90 Å². The minimum absolute atomic E-state index is 0.00205. The number of ether oxygens (including phenoxy) is 3. The molecule has 1 saturated heterocycles. The summed E-state index contributed by atoms with van der Waals surface area (Å²) in [5.74, 6) is 1.48. The minimum atomic E-state index is -0.593. The molecule has 1 aromatic rings. The van der Waals surface area contributed by atoms with Crippen LogP contribution in [0.5, 0.6) is 11.5 Å². The van der Waals surface area contributed by atoms with Crippen molar-refractivity contribution in [3.05, 3.63) is 23.8 Å². The van der Waals surface area contributed by atoms with Gasteiger partial charge in [-0.15, -0.1) is 0 Å². The average molecular weight is 293 g/mol. The molecule has 21 heavy (non-hydrogen) atoms. The van der Waals surface area contributed by atoms with Gasteiger partial charge < -0.3 is 24.2 Å². The first-order valence-electron chi connectivity index (χ1n) is 7.05. The molecule has 3 rings (SSSR count). The van der Waals surface area contributed by atoms with E-state index in [2.05, 4.69) is 0 Å². The van der Waals surface area contributed by atoms with Crippen LogP contribution in [-0.4, -0.2) is 55.1 Å². The first kappa shape index (κ1) is 14.2. The summed E-state index contributed by atoms with van der Waals surface area (Å²) in [4.78, 5) is 13.8. The van der Waals surface area contributed by atoms with Gasteiger partial charge in [0.25, 0.3) is 0 Å². The Balaban J connectivity index is 1.56. The number of hydrogen-bond donors (Lipinski definition) is 1. The van der Waals surface area contributed by atoms with Gasteiger partial charge in [-0.2, -0.15) is 0 Å². The molecule has 0 spiro atoms. The van der Waals surface area contributed by atoms with E-state index in [-0.39, 0.29) is 18.7 Å². The van der Waals surface area contributed by atoms with Gasteiger partial charge in [0, 0.05) is 13.5 Å².